The number of amides is 1. The van der Waals surface area contributed by atoms with Crippen molar-refractivity contribution in [1.29, 1.82) is 0 Å². The van der Waals surface area contributed by atoms with Gasteiger partial charge in [-0.25, -0.2) is 14.4 Å². The number of hydrogen-bond acceptors (Lipinski definition) is 9. The van der Waals surface area contributed by atoms with Crippen LogP contribution >= 0.6 is 0 Å². The van der Waals surface area contributed by atoms with Gasteiger partial charge in [-0.3, -0.25) is 4.79 Å². The highest BCUT2D eigenvalue weighted by Gasteiger charge is 2.36. The van der Waals surface area contributed by atoms with E-state index in [4.69, 9.17) is 15.7 Å². The summed E-state index contributed by atoms with van der Waals surface area (Å²) < 4.78 is 88.8. The van der Waals surface area contributed by atoms with E-state index in [-0.39, 0.29) is 29.1 Å². The lowest BCUT2D eigenvalue weighted by atomic mass is 10.1. The topological polar surface area (TPSA) is 114 Å². The van der Waals surface area contributed by atoms with Gasteiger partial charge in [-0.1, -0.05) is 0 Å². The maximum Gasteiger partial charge on any atom is 0.269 e. The highest BCUT2D eigenvalue weighted by Crippen LogP contribution is 2.33. The molecule has 11 heteroatoms. The normalized spacial score (nSPS) is 26.2. The van der Waals surface area contributed by atoms with Crippen LogP contribution < -0.4 is 25.6 Å². The van der Waals surface area contributed by atoms with Crippen molar-refractivity contribution in [2.24, 2.45) is 0 Å². The number of nitrogens with one attached hydrogen (secondary N) is 3. The van der Waals surface area contributed by atoms with Gasteiger partial charge in [0.1, 0.15) is 5.82 Å². The predicted molar refractivity (Wildman–Crippen MR) is 126 cm³/mol. The van der Waals surface area contributed by atoms with Gasteiger partial charge in [-0.2, -0.15) is 4.98 Å². The van der Waals surface area contributed by atoms with Crippen LogP contribution in [0.1, 0.15) is 24.8 Å². The van der Waals surface area contributed by atoms with Gasteiger partial charge >= 0.3 is 0 Å². The molecule has 1 saturated heterocycles. The first-order valence-electron chi connectivity index (χ1n) is 14.0. The highest BCUT2D eigenvalue weighted by atomic mass is 19.1. The van der Waals surface area contributed by atoms with E-state index in [0.717, 1.165) is 6.20 Å². The molecule has 176 valence electrons. The van der Waals surface area contributed by atoms with Crippen LogP contribution in [0.3, 0.4) is 0 Å². The molecule has 1 aromatic carbocycles. The van der Waals surface area contributed by atoms with E-state index in [1.807, 2.05) is 0 Å². The van der Waals surface area contributed by atoms with Crippen LogP contribution in [-0.2, 0) is 9.53 Å². The maximum atomic E-state index is 14.5. The number of benzene rings is 1. The molecule has 5 rings (SSSR count). The SMILES string of the molecule is [2H]C1([2H])OC([2H])([2H])C([2H])([2H])N(c2ccc(Nc3ncc(F)c(Nc4ccc5c(n4)NC(=O)C(C)(C)O5)n3)cc2)C1([2H])[2H]. The third kappa shape index (κ3) is 4.55. The summed E-state index contributed by atoms with van der Waals surface area (Å²) in [4.78, 5) is 24.8. The Hall–Kier alpha value is -3.99. The van der Waals surface area contributed by atoms with Gasteiger partial charge in [0, 0.05) is 24.4 Å². The molecule has 2 aliphatic rings. The van der Waals surface area contributed by atoms with E-state index in [1.54, 1.807) is 19.9 Å². The molecule has 0 spiro atoms. The van der Waals surface area contributed by atoms with E-state index in [9.17, 15) is 9.18 Å². The zero-order valence-electron chi connectivity index (χ0n) is 25.9. The van der Waals surface area contributed by atoms with Crippen molar-refractivity contribution in [2.45, 2.75) is 19.4 Å². The molecule has 4 heterocycles. The minimum absolute atomic E-state index is 0.0623. The van der Waals surface area contributed by atoms with Crippen molar-refractivity contribution in [1.82, 2.24) is 15.0 Å². The number of halogens is 1. The van der Waals surface area contributed by atoms with Crippen LogP contribution in [0.4, 0.5) is 39.2 Å². The number of morpholine rings is 1. The molecule has 2 aliphatic heterocycles. The minimum Gasteiger partial charge on any atom is -0.474 e. The Balaban J connectivity index is 1.36. The number of nitrogens with zero attached hydrogens (tertiary/aromatic N) is 4. The fourth-order valence-corrected chi connectivity index (χ4v) is 3.05. The Kier molecular flexibility index (Phi) is 3.68. The molecule has 0 saturated carbocycles. The van der Waals surface area contributed by atoms with Crippen LogP contribution in [0.15, 0.2) is 42.6 Å². The van der Waals surface area contributed by atoms with Gasteiger partial charge < -0.3 is 30.3 Å². The number of hydrogen-bond donors (Lipinski definition) is 3. The molecule has 10 nitrogen and oxygen atoms in total. The lowest BCUT2D eigenvalue weighted by Crippen LogP contribution is -2.46. The van der Waals surface area contributed by atoms with Crippen molar-refractivity contribution >= 4 is 40.7 Å². The number of rotatable bonds is 5. The summed E-state index contributed by atoms with van der Waals surface area (Å²) in [7, 11) is 0. The highest BCUT2D eigenvalue weighted by molar-refractivity contribution is 5.99. The lowest BCUT2D eigenvalue weighted by molar-refractivity contribution is -0.129. The monoisotopic (exact) mass is 473 g/mol. The third-order valence-corrected chi connectivity index (χ3v) is 4.79. The number of aromatic nitrogens is 3. The van der Waals surface area contributed by atoms with E-state index < -0.39 is 43.4 Å². The minimum atomic E-state index is -3.19. The Morgan fingerprint density at radius 2 is 1.88 bits per heavy atom. The smallest absolute Gasteiger partial charge is 0.269 e. The van der Waals surface area contributed by atoms with Gasteiger partial charge in [-0.05, 0) is 50.2 Å². The number of pyridine rings is 1. The van der Waals surface area contributed by atoms with Gasteiger partial charge in [-0.15, -0.1) is 0 Å². The number of anilines is 6. The lowest BCUT2D eigenvalue weighted by Gasteiger charge is -2.30. The molecule has 2 aromatic heterocycles. The second-order valence-corrected chi connectivity index (χ2v) is 7.66. The average molecular weight is 474 g/mol. The largest absolute Gasteiger partial charge is 0.474 e. The van der Waals surface area contributed by atoms with Crippen LogP contribution in [-0.4, -0.2) is 52.6 Å². The molecule has 34 heavy (non-hydrogen) atoms. The van der Waals surface area contributed by atoms with E-state index >= 15 is 0 Å². The van der Waals surface area contributed by atoms with Gasteiger partial charge in [0.05, 0.1) is 30.3 Å². The van der Waals surface area contributed by atoms with Gasteiger partial charge in [0.15, 0.2) is 28.8 Å². The molecular formula is C23H24FN7O3. The second-order valence-electron chi connectivity index (χ2n) is 7.66. The summed E-state index contributed by atoms with van der Waals surface area (Å²) in [5.41, 5.74) is -0.944. The summed E-state index contributed by atoms with van der Waals surface area (Å²) in [6.07, 6.45) is 0.902. The summed E-state index contributed by atoms with van der Waals surface area (Å²) in [6, 6.07) is 8.29. The number of carbonyl (C=O) groups is 1. The van der Waals surface area contributed by atoms with Crippen LogP contribution in [0.5, 0.6) is 5.75 Å². The molecule has 1 amide bonds. The molecule has 0 radical (unpaired) electrons. The number of fused-ring (bicyclic) bond motifs is 1. The van der Waals surface area contributed by atoms with Crippen molar-refractivity contribution in [3.8, 4) is 5.75 Å². The van der Waals surface area contributed by atoms with Crippen molar-refractivity contribution < 1.29 is 29.6 Å². The fourth-order valence-electron chi connectivity index (χ4n) is 3.05. The predicted octanol–water partition coefficient (Wildman–Crippen LogP) is 3.44. The Morgan fingerprint density at radius 1 is 1.12 bits per heavy atom. The first-order chi connectivity index (χ1) is 19.3. The summed E-state index contributed by atoms with van der Waals surface area (Å²) in [5.74, 6) is -0.885. The molecular weight excluding hydrogens is 441 g/mol. The van der Waals surface area contributed by atoms with Crippen molar-refractivity contribution in [3.63, 3.8) is 0 Å². The summed E-state index contributed by atoms with van der Waals surface area (Å²) >= 11 is 0. The zero-order valence-corrected chi connectivity index (χ0v) is 17.9. The first kappa shape index (κ1) is 14.3. The quantitative estimate of drug-likeness (QED) is 0.513. The van der Waals surface area contributed by atoms with Crippen LogP contribution in [0.25, 0.3) is 0 Å². The molecule has 3 N–H and O–H groups in total. The molecule has 3 aromatic rings. The first-order valence-corrected chi connectivity index (χ1v) is 10.0. The number of carbonyl (C=O) groups excluding carboxylic acids is 1. The Labute approximate surface area is 206 Å². The maximum absolute atomic E-state index is 14.5. The van der Waals surface area contributed by atoms with Crippen LogP contribution in [0, 0.1) is 5.82 Å². The third-order valence-electron chi connectivity index (χ3n) is 4.79. The molecule has 0 bridgehead atoms. The van der Waals surface area contributed by atoms with Crippen molar-refractivity contribution in [3.05, 3.63) is 48.4 Å². The van der Waals surface area contributed by atoms with Gasteiger partial charge in [0.25, 0.3) is 5.91 Å². The van der Waals surface area contributed by atoms with Crippen LogP contribution in [0.2, 0.25) is 0 Å². The molecule has 0 atom stereocenters. The average Bonchev–Trinajstić information content (AvgIpc) is 2.86. The Morgan fingerprint density at radius 3 is 2.65 bits per heavy atom. The van der Waals surface area contributed by atoms with E-state index in [1.165, 1.54) is 30.3 Å². The van der Waals surface area contributed by atoms with Crippen molar-refractivity contribution in [2.75, 3.05) is 47.0 Å². The fraction of sp³-hybridized carbons (Fsp3) is 0.304. The Bertz CT molecular complexity index is 1530. The molecule has 0 unspecified atom stereocenters. The standard InChI is InChI=1S/C23H24FN7O3/c1-23(2)21(32)29-20-17(34-23)7-8-18(28-20)27-19-16(24)13-25-22(30-19)26-14-3-5-15(6-4-14)31-9-11-33-12-10-31/h3-8,13H,9-12H2,1-2H3,(H3,25,26,27,28,29,30,32)/i9D2,10D2,11D2,12D2. The molecule has 0 aliphatic carbocycles. The molecule has 1 fully saturated rings. The zero-order chi connectivity index (χ0) is 30.9. The van der Waals surface area contributed by atoms with E-state index in [2.05, 4.69) is 35.6 Å². The summed E-state index contributed by atoms with van der Waals surface area (Å²) in [6.45, 7) is -9.35. The van der Waals surface area contributed by atoms with E-state index in [0.29, 0.717) is 16.3 Å². The number of ether oxygens (including phenoxy) is 2. The van der Waals surface area contributed by atoms with Gasteiger partial charge in [0.2, 0.25) is 5.95 Å². The summed E-state index contributed by atoms with van der Waals surface area (Å²) in [5, 5.41) is 8.16. The second kappa shape index (κ2) is 8.75.